The molecule has 7 aliphatic rings. The molecule has 0 aliphatic carbocycles. The number of fused-ring (bicyclic) bond motifs is 6. The number of ketones is 1. The third-order valence-electron chi connectivity index (χ3n) is 22.3. The van der Waals surface area contributed by atoms with Gasteiger partial charge in [-0.05, 0) is 150 Å². The van der Waals surface area contributed by atoms with Gasteiger partial charge in [0.2, 0.25) is 15.9 Å². The molecule has 7 aromatic carbocycles. The van der Waals surface area contributed by atoms with E-state index in [1.807, 2.05) is 60.7 Å². The number of hydrogen-bond acceptors (Lipinski definition) is 22. The van der Waals surface area contributed by atoms with Crippen molar-refractivity contribution in [2.45, 2.75) is 126 Å². The molecule has 4 unspecified atom stereocenters. The fourth-order valence-electron chi connectivity index (χ4n) is 16.0. The summed E-state index contributed by atoms with van der Waals surface area (Å²) < 4.78 is 55.1. The first-order chi connectivity index (χ1) is 57.9. The minimum Gasteiger partial charge on any atom is -0.484 e. The number of nitrogens with one attached hydrogen (secondary N) is 4. The van der Waals surface area contributed by atoms with E-state index >= 15 is 0 Å². The zero-order chi connectivity index (χ0) is 83.1. The van der Waals surface area contributed by atoms with Crippen LogP contribution in [0.15, 0.2) is 187 Å². The third kappa shape index (κ3) is 27.4. The molecule has 1 saturated heterocycles. The second kappa shape index (κ2) is 45.6. The van der Waals surface area contributed by atoms with E-state index in [-0.39, 0.29) is 99.7 Å². The predicted molar refractivity (Wildman–Crippen MR) is 457 cm³/mol. The Labute approximate surface area is 699 Å². The molecule has 1 aromatic heterocycles. The first-order valence-corrected chi connectivity index (χ1v) is 43.3. The number of carbonyl (C=O) groups excluding carboxylic acids is 4. The first-order valence-electron chi connectivity index (χ1n) is 41.8. The van der Waals surface area contributed by atoms with E-state index in [0.717, 1.165) is 145 Å². The van der Waals surface area contributed by atoms with E-state index in [1.165, 1.54) is 66.1 Å². The summed E-state index contributed by atoms with van der Waals surface area (Å²) in [5.41, 5.74) is 16.3. The zero-order valence-corrected chi connectivity index (χ0v) is 69.2. The Morgan fingerprint density at radius 2 is 0.916 bits per heavy atom. The van der Waals surface area contributed by atoms with Crippen LogP contribution in [-0.2, 0) is 110 Å². The van der Waals surface area contributed by atoms with Gasteiger partial charge in [-0.3, -0.25) is 43.8 Å². The normalized spacial score (nSPS) is 17.0. The van der Waals surface area contributed by atoms with Gasteiger partial charge in [0.1, 0.15) is 35.4 Å². The summed E-state index contributed by atoms with van der Waals surface area (Å²) >= 11 is 0. The number of amides is 3. The Kier molecular flexibility index (Phi) is 34.0. The van der Waals surface area contributed by atoms with Crippen molar-refractivity contribution >= 4 is 44.9 Å². The molecular weight excluding hydrogens is 1530 g/mol. The van der Waals surface area contributed by atoms with Gasteiger partial charge < -0.3 is 70.3 Å². The maximum absolute atomic E-state index is 13.0. The van der Waals surface area contributed by atoms with Crippen LogP contribution in [-0.4, -0.2) is 251 Å². The highest BCUT2D eigenvalue weighted by molar-refractivity contribution is 7.89. The molecule has 0 radical (unpaired) electrons. The van der Waals surface area contributed by atoms with E-state index in [4.69, 9.17) is 23.7 Å². The minimum atomic E-state index is -3.73. The summed E-state index contributed by atoms with van der Waals surface area (Å²) in [6.45, 7) is 13.2. The predicted octanol–water partition coefficient (Wildman–Crippen LogP) is 6.93. The molecule has 0 saturated carbocycles. The molecule has 15 rings (SSSR count). The molecule has 8 heterocycles. The SMILES string of the molecule is CN1CCCc2c(OCC(=O)NCC(O)CN3CCc4ccccc4C3)cccc21.O=C(CCC(O)CN1CCc2ccccc2C1)COc1ccccc1S(=O)(=O)N1CCOCC1.O=C(COCc1cccnc1)NCC(O)CN1CCc2ccccc2C1.O=C(COc1cccc2c1CCCN2)NCC(O)CN1CCc2ccccc2C1. The maximum Gasteiger partial charge on any atom is 0.258 e. The fourth-order valence-corrected chi connectivity index (χ4v) is 17.5. The van der Waals surface area contributed by atoms with Crippen molar-refractivity contribution in [1.82, 2.24) is 44.8 Å². The average molecular weight is 1650 g/mol. The van der Waals surface area contributed by atoms with Gasteiger partial charge >= 0.3 is 0 Å². The molecule has 8 N–H and O–H groups in total. The van der Waals surface area contributed by atoms with Crippen molar-refractivity contribution in [2.24, 2.45) is 0 Å². The number of rotatable bonds is 32. The number of para-hydroxylation sites is 1. The van der Waals surface area contributed by atoms with Crippen LogP contribution in [0.2, 0.25) is 0 Å². The number of aromatic nitrogens is 1. The van der Waals surface area contributed by atoms with Crippen molar-refractivity contribution in [2.75, 3.05) is 155 Å². The molecule has 0 bridgehead atoms. The van der Waals surface area contributed by atoms with Gasteiger partial charge in [-0.15, -0.1) is 0 Å². The standard InChI is InChI=1S/C25H32N2O6S.C24H31N3O3.C23H29N3O3.C20H25N3O3/c28-22(18-26-12-11-20-5-1-2-6-21(20)17-26)9-10-23(29)19-33-24-7-3-4-8-25(24)34(30,31)27-13-15-32-16-14-27;1-26-12-5-8-21-22(26)9-4-10-23(21)30-17-24(29)25-14-20(28)16-27-13-11-18-6-2-3-7-19(18)15-27;27-19(15-26-12-10-17-5-1-2-6-18(17)14-26)13-25-23(28)16-29-22-9-3-8-21-20(22)7-4-11-24-21;24-19(13-23-9-7-17-5-1-2-6-18(17)12-23)11-22-20(25)15-26-14-16-4-3-8-21-10-16/h1-8,22,28H,9-19H2;2-4,6-7,9-10,20,28H,5,8,11-17H2,1H3,(H,25,29);1-3,5-6,8-9,19,24,27H,4,7,10-16H2,(H,25,28);1-6,8,10,19,24H,7,9,11-15H2,(H,22,25). The van der Waals surface area contributed by atoms with Crippen LogP contribution in [0.25, 0.3) is 0 Å². The molecule has 119 heavy (non-hydrogen) atoms. The number of Topliss-reactive ketones (excluding diaryl/α,β-unsaturated/α-hetero) is 1. The van der Waals surface area contributed by atoms with Crippen LogP contribution in [0.5, 0.6) is 17.2 Å². The van der Waals surface area contributed by atoms with E-state index in [9.17, 15) is 48.0 Å². The highest BCUT2D eigenvalue weighted by Gasteiger charge is 2.31. The number of nitrogens with zero attached hydrogens (tertiary/aromatic N) is 7. The van der Waals surface area contributed by atoms with Crippen LogP contribution in [0.1, 0.15) is 86.9 Å². The molecule has 27 heteroatoms. The van der Waals surface area contributed by atoms with Crippen molar-refractivity contribution in [1.29, 1.82) is 0 Å². The molecule has 1 fully saturated rings. The minimum absolute atomic E-state index is 0.0291. The van der Waals surface area contributed by atoms with Crippen LogP contribution < -0.4 is 40.4 Å². The summed E-state index contributed by atoms with van der Waals surface area (Å²) in [5, 5.41) is 53.0. The topological polar surface area (TPSA) is 310 Å². The number of aliphatic hydroxyl groups is 4. The summed E-state index contributed by atoms with van der Waals surface area (Å²) in [7, 11) is -1.65. The lowest BCUT2D eigenvalue weighted by Gasteiger charge is -2.30. The third-order valence-corrected chi connectivity index (χ3v) is 24.3. The van der Waals surface area contributed by atoms with E-state index < -0.39 is 34.4 Å². The second-order valence-corrected chi connectivity index (χ2v) is 33.3. The molecule has 8 aromatic rings. The average Bonchev–Trinajstić information content (AvgIpc) is 0.789. The number of pyridine rings is 1. The van der Waals surface area contributed by atoms with E-state index in [2.05, 4.69) is 143 Å². The van der Waals surface area contributed by atoms with Crippen LogP contribution in [0.3, 0.4) is 0 Å². The Hall–Kier alpha value is -9.72. The van der Waals surface area contributed by atoms with Gasteiger partial charge in [-0.2, -0.15) is 4.31 Å². The summed E-state index contributed by atoms with van der Waals surface area (Å²) in [6.07, 6.45) is 9.54. The van der Waals surface area contributed by atoms with Crippen molar-refractivity contribution < 1.29 is 71.7 Å². The largest absolute Gasteiger partial charge is 0.484 e. The summed E-state index contributed by atoms with van der Waals surface area (Å²) in [6, 6.07) is 55.6. The number of carbonyl (C=O) groups is 4. The van der Waals surface area contributed by atoms with Gasteiger partial charge in [-0.25, -0.2) is 8.42 Å². The molecular formula is C92H117N11O15S. The quantitative estimate of drug-likeness (QED) is 0.0212. The number of β-amino-alcohol motifs (C(OH)–C–C–N with tert-alkyl or cyclic N) is 4. The monoisotopic (exact) mass is 1650 g/mol. The lowest BCUT2D eigenvalue weighted by Crippen LogP contribution is -2.42. The van der Waals surface area contributed by atoms with Crippen LogP contribution in [0.4, 0.5) is 11.4 Å². The second-order valence-electron chi connectivity index (χ2n) is 31.4. The Bertz CT molecular complexity index is 4690. The number of benzene rings is 7. The molecule has 3 amide bonds. The Morgan fingerprint density at radius 3 is 1.43 bits per heavy atom. The van der Waals surface area contributed by atoms with Gasteiger partial charge in [-0.1, -0.05) is 127 Å². The molecule has 7 aliphatic heterocycles. The summed E-state index contributed by atoms with van der Waals surface area (Å²) in [4.78, 5) is 63.8. The summed E-state index contributed by atoms with van der Waals surface area (Å²) in [5.74, 6) is 0.877. The molecule has 636 valence electrons. The van der Waals surface area contributed by atoms with Gasteiger partial charge in [0, 0.05) is 173 Å². The van der Waals surface area contributed by atoms with Crippen LogP contribution in [0, 0.1) is 0 Å². The first kappa shape index (κ1) is 88.6. The van der Waals surface area contributed by atoms with Crippen molar-refractivity contribution in [3.8, 4) is 17.2 Å². The number of sulfonamides is 1. The molecule has 0 spiro atoms. The molecule has 4 atom stereocenters. The van der Waals surface area contributed by atoms with Crippen molar-refractivity contribution in [3.63, 3.8) is 0 Å². The van der Waals surface area contributed by atoms with Gasteiger partial charge in [0.25, 0.3) is 11.8 Å². The lowest BCUT2D eigenvalue weighted by molar-refractivity contribution is -0.126. The number of aliphatic hydroxyl groups excluding tert-OH is 4. The maximum atomic E-state index is 13.0. The van der Waals surface area contributed by atoms with Gasteiger partial charge in [0.15, 0.2) is 19.0 Å². The lowest BCUT2D eigenvalue weighted by atomic mass is 9.99. The van der Waals surface area contributed by atoms with E-state index in [1.54, 1.807) is 30.6 Å². The zero-order valence-electron chi connectivity index (χ0n) is 68.4. The van der Waals surface area contributed by atoms with Crippen molar-refractivity contribution in [3.05, 3.63) is 243 Å². The highest BCUT2D eigenvalue weighted by Crippen LogP contribution is 2.35. The fraction of sp³-hybridized carbons (Fsp3) is 0.446. The smallest absolute Gasteiger partial charge is 0.258 e. The van der Waals surface area contributed by atoms with Crippen LogP contribution >= 0.6 is 0 Å². The Morgan fingerprint density at radius 1 is 0.471 bits per heavy atom. The molecule has 26 nitrogen and oxygen atoms in total. The number of morpholine rings is 1. The van der Waals surface area contributed by atoms with Gasteiger partial charge in [0.05, 0.1) is 44.2 Å². The highest BCUT2D eigenvalue weighted by atomic mass is 32.2. The number of ether oxygens (including phenoxy) is 5. The number of anilines is 2. The Balaban J connectivity index is 0.000000146. The van der Waals surface area contributed by atoms with E-state index in [0.29, 0.717) is 52.4 Å². The number of hydrogen-bond donors (Lipinski definition) is 8.